The molecular formula is C18H19NO5. The summed E-state index contributed by atoms with van der Waals surface area (Å²) in [5.41, 5.74) is 0.822. The van der Waals surface area contributed by atoms with Crippen molar-refractivity contribution in [3.05, 3.63) is 48.0 Å². The Balaban J connectivity index is 1.64. The van der Waals surface area contributed by atoms with Crippen LogP contribution >= 0.6 is 0 Å². The summed E-state index contributed by atoms with van der Waals surface area (Å²) < 4.78 is 21.8. The first kappa shape index (κ1) is 16.0. The summed E-state index contributed by atoms with van der Waals surface area (Å²) >= 11 is 0. The van der Waals surface area contributed by atoms with Crippen molar-refractivity contribution < 1.29 is 23.7 Å². The van der Waals surface area contributed by atoms with Gasteiger partial charge in [0, 0.05) is 12.1 Å². The summed E-state index contributed by atoms with van der Waals surface area (Å²) in [5, 5.41) is 2.85. The number of rotatable bonds is 5. The number of fused-ring (bicyclic) bond motifs is 1. The van der Waals surface area contributed by atoms with E-state index in [0.29, 0.717) is 29.5 Å². The van der Waals surface area contributed by atoms with Crippen molar-refractivity contribution >= 4 is 5.91 Å². The summed E-state index contributed by atoms with van der Waals surface area (Å²) in [7, 11) is 3.18. The van der Waals surface area contributed by atoms with Crippen molar-refractivity contribution in [3.8, 4) is 23.0 Å². The Hall–Kier alpha value is -2.89. The Morgan fingerprint density at radius 2 is 1.96 bits per heavy atom. The first-order valence-corrected chi connectivity index (χ1v) is 7.58. The van der Waals surface area contributed by atoms with E-state index in [1.165, 1.54) is 0 Å². The van der Waals surface area contributed by atoms with Gasteiger partial charge in [0.15, 0.2) is 11.5 Å². The van der Waals surface area contributed by atoms with Crippen LogP contribution in [0.5, 0.6) is 23.0 Å². The highest BCUT2D eigenvalue weighted by atomic mass is 16.6. The molecular weight excluding hydrogens is 310 g/mol. The van der Waals surface area contributed by atoms with Crippen LogP contribution in [-0.4, -0.2) is 32.8 Å². The topological polar surface area (TPSA) is 66.0 Å². The Morgan fingerprint density at radius 3 is 2.71 bits per heavy atom. The van der Waals surface area contributed by atoms with E-state index in [-0.39, 0.29) is 12.5 Å². The fraction of sp³-hybridized carbons (Fsp3) is 0.278. The number of hydrogen-bond donors (Lipinski definition) is 1. The Kier molecular flexibility index (Phi) is 4.74. The van der Waals surface area contributed by atoms with Crippen molar-refractivity contribution in [1.82, 2.24) is 5.32 Å². The first-order chi connectivity index (χ1) is 11.7. The lowest BCUT2D eigenvalue weighted by Gasteiger charge is -2.25. The van der Waals surface area contributed by atoms with E-state index in [1.54, 1.807) is 32.4 Å². The number of carbonyl (C=O) groups is 1. The van der Waals surface area contributed by atoms with Crippen molar-refractivity contribution in [2.45, 2.75) is 12.6 Å². The predicted octanol–water partition coefficient (Wildman–Crippen LogP) is 2.16. The van der Waals surface area contributed by atoms with Gasteiger partial charge in [-0.05, 0) is 30.3 Å². The molecule has 0 unspecified atom stereocenters. The molecule has 0 fully saturated rings. The minimum Gasteiger partial charge on any atom is -0.497 e. The molecule has 0 aliphatic carbocycles. The van der Waals surface area contributed by atoms with Gasteiger partial charge < -0.3 is 24.3 Å². The van der Waals surface area contributed by atoms with Crippen LogP contribution in [0.1, 0.15) is 5.56 Å². The number of hydrogen-bond acceptors (Lipinski definition) is 5. The fourth-order valence-electron chi connectivity index (χ4n) is 2.46. The highest BCUT2D eigenvalue weighted by molar-refractivity contribution is 5.81. The summed E-state index contributed by atoms with van der Waals surface area (Å²) in [6.45, 7) is 0.485. The average molecular weight is 329 g/mol. The molecule has 6 nitrogen and oxygen atoms in total. The molecule has 0 aromatic heterocycles. The zero-order valence-corrected chi connectivity index (χ0v) is 13.6. The molecule has 1 heterocycles. The Bertz CT molecular complexity index is 731. The second kappa shape index (κ2) is 7.12. The van der Waals surface area contributed by atoms with Gasteiger partial charge in [0.25, 0.3) is 5.91 Å². The van der Waals surface area contributed by atoms with Crippen LogP contribution in [0.15, 0.2) is 42.5 Å². The van der Waals surface area contributed by atoms with E-state index in [2.05, 4.69) is 5.32 Å². The molecule has 6 heteroatoms. The van der Waals surface area contributed by atoms with E-state index < -0.39 is 6.10 Å². The van der Waals surface area contributed by atoms with Gasteiger partial charge in [-0.2, -0.15) is 0 Å². The fourth-order valence-corrected chi connectivity index (χ4v) is 2.46. The van der Waals surface area contributed by atoms with E-state index >= 15 is 0 Å². The van der Waals surface area contributed by atoms with Gasteiger partial charge in [0.2, 0.25) is 6.10 Å². The number of methoxy groups -OCH3 is 2. The second-order valence-corrected chi connectivity index (χ2v) is 5.26. The highest BCUT2D eigenvalue weighted by Gasteiger charge is 2.27. The molecule has 0 radical (unpaired) electrons. The normalized spacial score (nSPS) is 15.5. The maximum Gasteiger partial charge on any atom is 0.264 e. The summed E-state index contributed by atoms with van der Waals surface area (Å²) in [6, 6.07) is 12.7. The van der Waals surface area contributed by atoms with E-state index in [0.717, 1.165) is 5.56 Å². The second-order valence-electron chi connectivity index (χ2n) is 5.26. The number of ether oxygens (including phenoxy) is 4. The minimum atomic E-state index is -0.684. The van der Waals surface area contributed by atoms with Gasteiger partial charge in [0.05, 0.1) is 14.2 Å². The SMILES string of the molecule is COc1ccc(OC)c(CNC(=O)[C@@H]2COc3ccccc3O2)c1. The van der Waals surface area contributed by atoms with Crippen LogP contribution in [-0.2, 0) is 11.3 Å². The number of nitrogens with one attached hydrogen (secondary N) is 1. The van der Waals surface area contributed by atoms with Gasteiger partial charge in [-0.25, -0.2) is 0 Å². The van der Waals surface area contributed by atoms with Gasteiger partial charge in [-0.15, -0.1) is 0 Å². The van der Waals surface area contributed by atoms with Crippen LogP contribution in [0.2, 0.25) is 0 Å². The third kappa shape index (κ3) is 3.37. The van der Waals surface area contributed by atoms with Gasteiger partial charge in [-0.1, -0.05) is 12.1 Å². The molecule has 126 valence electrons. The summed E-state index contributed by atoms with van der Waals surface area (Å²) in [5.74, 6) is 2.36. The van der Waals surface area contributed by atoms with Crippen molar-refractivity contribution in [2.75, 3.05) is 20.8 Å². The van der Waals surface area contributed by atoms with E-state index in [1.807, 2.05) is 24.3 Å². The maximum atomic E-state index is 12.3. The zero-order chi connectivity index (χ0) is 16.9. The predicted molar refractivity (Wildman–Crippen MR) is 87.7 cm³/mol. The third-order valence-corrected chi connectivity index (χ3v) is 3.74. The number of carbonyl (C=O) groups excluding carboxylic acids is 1. The monoisotopic (exact) mass is 329 g/mol. The molecule has 1 amide bonds. The van der Waals surface area contributed by atoms with E-state index in [4.69, 9.17) is 18.9 Å². The molecule has 1 aliphatic heterocycles. The minimum absolute atomic E-state index is 0.179. The molecule has 1 atom stereocenters. The molecule has 0 saturated heterocycles. The lowest BCUT2D eigenvalue weighted by atomic mass is 10.2. The third-order valence-electron chi connectivity index (χ3n) is 3.74. The van der Waals surface area contributed by atoms with Crippen LogP contribution < -0.4 is 24.3 Å². The molecule has 0 saturated carbocycles. The van der Waals surface area contributed by atoms with Crippen LogP contribution in [0.3, 0.4) is 0 Å². The van der Waals surface area contributed by atoms with Gasteiger partial charge >= 0.3 is 0 Å². The molecule has 2 aromatic carbocycles. The van der Waals surface area contributed by atoms with Gasteiger partial charge in [-0.3, -0.25) is 4.79 Å². The van der Waals surface area contributed by atoms with Crippen molar-refractivity contribution in [2.24, 2.45) is 0 Å². The Morgan fingerprint density at radius 1 is 1.17 bits per heavy atom. The molecule has 0 spiro atoms. The molecule has 3 rings (SSSR count). The summed E-state index contributed by atoms with van der Waals surface area (Å²) in [6.07, 6.45) is -0.684. The molecule has 24 heavy (non-hydrogen) atoms. The lowest BCUT2D eigenvalue weighted by Crippen LogP contribution is -2.43. The smallest absolute Gasteiger partial charge is 0.264 e. The Labute approximate surface area is 140 Å². The van der Waals surface area contributed by atoms with Gasteiger partial charge in [0.1, 0.15) is 18.1 Å². The molecule has 0 bridgehead atoms. The quantitative estimate of drug-likeness (QED) is 0.910. The van der Waals surface area contributed by atoms with Crippen molar-refractivity contribution in [1.29, 1.82) is 0 Å². The molecule has 1 aliphatic rings. The maximum absolute atomic E-state index is 12.3. The first-order valence-electron chi connectivity index (χ1n) is 7.58. The van der Waals surface area contributed by atoms with Crippen molar-refractivity contribution in [3.63, 3.8) is 0 Å². The zero-order valence-electron chi connectivity index (χ0n) is 13.6. The highest BCUT2D eigenvalue weighted by Crippen LogP contribution is 2.31. The summed E-state index contributed by atoms with van der Waals surface area (Å²) in [4.78, 5) is 12.3. The molecule has 2 aromatic rings. The average Bonchev–Trinajstić information content (AvgIpc) is 2.65. The largest absolute Gasteiger partial charge is 0.497 e. The lowest BCUT2D eigenvalue weighted by molar-refractivity contribution is -0.130. The number of benzene rings is 2. The van der Waals surface area contributed by atoms with Crippen LogP contribution in [0.25, 0.3) is 0 Å². The molecule has 1 N–H and O–H groups in total. The van der Waals surface area contributed by atoms with Crippen LogP contribution in [0.4, 0.5) is 0 Å². The van der Waals surface area contributed by atoms with E-state index in [9.17, 15) is 4.79 Å². The standard InChI is InChI=1S/C18H19NO5/c1-21-13-7-8-14(22-2)12(9-13)10-19-18(20)17-11-23-15-5-3-4-6-16(15)24-17/h3-9,17H,10-11H2,1-2H3,(H,19,20)/t17-/m0/s1. The number of amides is 1. The van der Waals surface area contributed by atoms with Crippen LogP contribution in [0, 0.1) is 0 Å². The number of para-hydroxylation sites is 2.